The Kier molecular flexibility index (Phi) is 6.49. The molecule has 1 saturated heterocycles. The van der Waals surface area contributed by atoms with Crippen molar-refractivity contribution in [3.05, 3.63) is 83.4 Å². The van der Waals surface area contributed by atoms with Crippen LogP contribution in [0.5, 0.6) is 0 Å². The number of carbonyl (C=O) groups excluding carboxylic acids is 1. The van der Waals surface area contributed by atoms with E-state index in [2.05, 4.69) is 90.8 Å². The number of likely N-dealkylation sites (tertiary alicyclic amines) is 1. The van der Waals surface area contributed by atoms with E-state index in [1.165, 1.54) is 27.5 Å². The Bertz CT molecular complexity index is 982. The maximum absolute atomic E-state index is 12.7. The average molecular weight is 401 g/mol. The van der Waals surface area contributed by atoms with Gasteiger partial charge in [-0.2, -0.15) is 0 Å². The molecule has 0 unspecified atom stereocenters. The summed E-state index contributed by atoms with van der Waals surface area (Å²) in [7, 11) is 0. The predicted molar refractivity (Wildman–Crippen MR) is 124 cm³/mol. The molecule has 3 aromatic carbocycles. The molecule has 0 aliphatic carbocycles. The van der Waals surface area contributed by atoms with Crippen molar-refractivity contribution in [2.45, 2.75) is 45.7 Å². The van der Waals surface area contributed by atoms with Gasteiger partial charge in [-0.15, -0.1) is 0 Å². The van der Waals surface area contributed by atoms with E-state index in [1.807, 2.05) is 0 Å². The summed E-state index contributed by atoms with van der Waals surface area (Å²) in [6.07, 6.45) is 2.90. The van der Waals surface area contributed by atoms with E-state index in [1.54, 1.807) is 0 Å². The van der Waals surface area contributed by atoms with Crippen molar-refractivity contribution in [3.8, 4) is 0 Å². The lowest BCUT2D eigenvalue weighted by atomic mass is 9.92. The molecule has 1 amide bonds. The molecule has 3 nitrogen and oxygen atoms in total. The average Bonchev–Trinajstić information content (AvgIpc) is 2.82. The molecule has 3 heteroatoms. The summed E-state index contributed by atoms with van der Waals surface area (Å²) in [5.74, 6) is 0.322. The van der Waals surface area contributed by atoms with Crippen LogP contribution in [0.15, 0.2) is 66.7 Å². The third kappa shape index (κ3) is 4.57. The minimum Gasteiger partial charge on any atom is -0.352 e. The van der Waals surface area contributed by atoms with Crippen LogP contribution in [-0.4, -0.2) is 23.9 Å². The Hall–Kier alpha value is -2.65. The molecule has 156 valence electrons. The number of hydrogen-bond donors (Lipinski definition) is 1. The monoisotopic (exact) mass is 400 g/mol. The minimum atomic E-state index is 0.121. The first-order valence-corrected chi connectivity index (χ1v) is 11.2. The normalized spacial score (nSPS) is 16.5. The van der Waals surface area contributed by atoms with E-state index in [9.17, 15) is 4.79 Å². The van der Waals surface area contributed by atoms with Crippen molar-refractivity contribution in [2.75, 3.05) is 13.1 Å². The van der Waals surface area contributed by atoms with Crippen LogP contribution >= 0.6 is 0 Å². The van der Waals surface area contributed by atoms with Crippen molar-refractivity contribution in [1.82, 2.24) is 10.2 Å². The van der Waals surface area contributed by atoms with Crippen LogP contribution in [0.25, 0.3) is 10.8 Å². The van der Waals surface area contributed by atoms with Crippen molar-refractivity contribution in [2.24, 2.45) is 5.92 Å². The van der Waals surface area contributed by atoms with Crippen LogP contribution < -0.4 is 5.32 Å². The van der Waals surface area contributed by atoms with E-state index in [0.717, 1.165) is 32.4 Å². The van der Waals surface area contributed by atoms with Crippen molar-refractivity contribution < 1.29 is 4.79 Å². The molecule has 1 N–H and O–H groups in total. The van der Waals surface area contributed by atoms with Crippen LogP contribution in [0.4, 0.5) is 0 Å². The lowest BCUT2D eigenvalue weighted by Gasteiger charge is -2.36. The van der Waals surface area contributed by atoms with Crippen LogP contribution in [-0.2, 0) is 17.8 Å². The van der Waals surface area contributed by atoms with Gasteiger partial charge >= 0.3 is 0 Å². The highest BCUT2D eigenvalue weighted by Gasteiger charge is 2.28. The largest absolute Gasteiger partial charge is 0.352 e. The number of nitrogens with zero attached hydrogens (tertiary/aromatic N) is 1. The molecule has 4 rings (SSSR count). The summed E-state index contributed by atoms with van der Waals surface area (Å²) in [5, 5.41) is 5.78. The molecule has 1 fully saturated rings. The zero-order chi connectivity index (χ0) is 20.9. The van der Waals surface area contributed by atoms with E-state index in [4.69, 9.17) is 0 Å². The molecule has 0 saturated carbocycles. The second-order valence-electron chi connectivity index (χ2n) is 8.44. The maximum atomic E-state index is 12.7. The number of benzene rings is 3. The second-order valence-corrected chi connectivity index (χ2v) is 8.44. The number of aryl methyl sites for hydroxylation is 1. The van der Waals surface area contributed by atoms with Crippen LogP contribution in [0.3, 0.4) is 0 Å². The fourth-order valence-corrected chi connectivity index (χ4v) is 4.59. The van der Waals surface area contributed by atoms with E-state index < -0.39 is 0 Å². The molecular formula is C27H32N2O. The topological polar surface area (TPSA) is 32.3 Å². The van der Waals surface area contributed by atoms with Gasteiger partial charge in [0.15, 0.2) is 0 Å². The van der Waals surface area contributed by atoms with E-state index in [0.29, 0.717) is 12.6 Å². The molecule has 1 heterocycles. The Labute approximate surface area is 180 Å². The van der Waals surface area contributed by atoms with Gasteiger partial charge in [0.1, 0.15) is 0 Å². The minimum absolute atomic E-state index is 0.121. The van der Waals surface area contributed by atoms with Gasteiger partial charge in [-0.25, -0.2) is 0 Å². The molecular weight excluding hydrogens is 368 g/mol. The molecule has 1 aliphatic heterocycles. The fourth-order valence-electron chi connectivity index (χ4n) is 4.59. The van der Waals surface area contributed by atoms with Crippen LogP contribution in [0.2, 0.25) is 0 Å². The Morgan fingerprint density at radius 1 is 0.967 bits per heavy atom. The van der Waals surface area contributed by atoms with Gasteiger partial charge in [0.05, 0.1) is 0 Å². The molecule has 30 heavy (non-hydrogen) atoms. The highest BCUT2D eigenvalue weighted by molar-refractivity contribution is 5.86. The number of rotatable bonds is 6. The van der Waals surface area contributed by atoms with Gasteiger partial charge in [0.2, 0.25) is 5.91 Å². The maximum Gasteiger partial charge on any atom is 0.223 e. The molecule has 0 aromatic heterocycles. The van der Waals surface area contributed by atoms with E-state index >= 15 is 0 Å². The standard InChI is InChI=1S/C27H32N2O/c1-3-21-11-13-22(14-12-21)19-28-27(30)24-15-17-29(18-16-24)20(2)25-10-6-8-23-7-4-5-9-26(23)25/h4-14,20,24H,3,15-19H2,1-2H3,(H,28,30)/t20-/m1/s1. The third-order valence-corrected chi connectivity index (χ3v) is 6.62. The van der Waals surface area contributed by atoms with Crippen molar-refractivity contribution >= 4 is 16.7 Å². The fraction of sp³-hybridized carbons (Fsp3) is 0.370. The lowest BCUT2D eigenvalue weighted by Crippen LogP contribution is -2.41. The summed E-state index contributed by atoms with van der Waals surface area (Å²) in [4.78, 5) is 15.2. The summed E-state index contributed by atoms with van der Waals surface area (Å²) in [5.41, 5.74) is 3.88. The van der Waals surface area contributed by atoms with Crippen LogP contribution in [0.1, 0.15) is 49.4 Å². The third-order valence-electron chi connectivity index (χ3n) is 6.62. The van der Waals surface area contributed by atoms with Gasteiger partial charge in [0.25, 0.3) is 0 Å². The predicted octanol–water partition coefficient (Wildman–Crippen LogP) is 5.49. The van der Waals surface area contributed by atoms with Crippen LogP contribution in [0, 0.1) is 5.92 Å². The van der Waals surface area contributed by atoms with Gasteiger partial charge in [0, 0.05) is 18.5 Å². The van der Waals surface area contributed by atoms with Crippen molar-refractivity contribution in [3.63, 3.8) is 0 Å². The Morgan fingerprint density at radius 2 is 1.63 bits per heavy atom. The summed E-state index contributed by atoms with van der Waals surface area (Å²) >= 11 is 0. The molecule has 0 bridgehead atoms. The van der Waals surface area contributed by atoms with E-state index in [-0.39, 0.29) is 11.8 Å². The molecule has 1 aliphatic rings. The van der Waals surface area contributed by atoms with Gasteiger partial charge in [-0.05, 0) is 66.7 Å². The first-order valence-electron chi connectivity index (χ1n) is 11.2. The number of carbonyl (C=O) groups is 1. The quantitative estimate of drug-likeness (QED) is 0.593. The van der Waals surface area contributed by atoms with Crippen molar-refractivity contribution in [1.29, 1.82) is 0 Å². The summed E-state index contributed by atoms with van der Waals surface area (Å²) < 4.78 is 0. The number of nitrogens with one attached hydrogen (secondary N) is 1. The lowest BCUT2D eigenvalue weighted by molar-refractivity contribution is -0.126. The number of amides is 1. The molecule has 0 spiro atoms. The van der Waals surface area contributed by atoms with Gasteiger partial charge in [-0.3, -0.25) is 9.69 Å². The number of fused-ring (bicyclic) bond motifs is 1. The molecule has 0 radical (unpaired) electrons. The SMILES string of the molecule is CCc1ccc(CNC(=O)C2CCN([C@H](C)c3cccc4ccccc34)CC2)cc1. The highest BCUT2D eigenvalue weighted by Crippen LogP contribution is 2.31. The summed E-state index contributed by atoms with van der Waals surface area (Å²) in [6, 6.07) is 24.1. The first kappa shape index (κ1) is 20.6. The zero-order valence-electron chi connectivity index (χ0n) is 18.1. The zero-order valence-corrected chi connectivity index (χ0v) is 18.1. The Morgan fingerprint density at radius 3 is 2.37 bits per heavy atom. The number of hydrogen-bond acceptors (Lipinski definition) is 2. The Balaban J connectivity index is 1.32. The van der Waals surface area contributed by atoms with Gasteiger partial charge in [-0.1, -0.05) is 73.7 Å². The second kappa shape index (κ2) is 9.44. The first-order chi connectivity index (χ1) is 14.7. The highest BCUT2D eigenvalue weighted by atomic mass is 16.1. The number of piperidine rings is 1. The molecule has 3 aromatic rings. The summed E-state index contributed by atoms with van der Waals surface area (Å²) in [6.45, 7) is 7.00. The smallest absolute Gasteiger partial charge is 0.223 e. The van der Waals surface area contributed by atoms with Gasteiger partial charge < -0.3 is 5.32 Å². The molecule has 1 atom stereocenters.